The Morgan fingerprint density at radius 3 is 2.48 bits per heavy atom. The van der Waals surface area contributed by atoms with Gasteiger partial charge in [-0.15, -0.1) is 0 Å². The zero-order chi connectivity index (χ0) is 20.0. The van der Waals surface area contributed by atoms with Crippen molar-refractivity contribution in [2.24, 2.45) is 0 Å². The lowest BCUT2D eigenvalue weighted by Gasteiger charge is -2.20. The Morgan fingerprint density at radius 2 is 1.85 bits per heavy atom. The number of amides is 2. The SMILES string of the molecule is Cc1cc(Br)ccc1NC(=O)NCCCOc1ccc(C(C)(C)C)cc1Br. The summed E-state index contributed by atoms with van der Waals surface area (Å²) < 4.78 is 7.75. The first kappa shape index (κ1) is 21.8. The summed E-state index contributed by atoms with van der Waals surface area (Å²) in [5.74, 6) is 0.818. The van der Waals surface area contributed by atoms with Crippen molar-refractivity contribution in [2.75, 3.05) is 18.5 Å². The number of halogens is 2. The molecule has 0 saturated heterocycles. The number of benzene rings is 2. The number of anilines is 1. The van der Waals surface area contributed by atoms with E-state index in [1.165, 1.54) is 5.56 Å². The Labute approximate surface area is 178 Å². The van der Waals surface area contributed by atoms with E-state index in [2.05, 4.69) is 75.4 Å². The maximum atomic E-state index is 12.0. The van der Waals surface area contributed by atoms with Gasteiger partial charge in [-0.3, -0.25) is 0 Å². The summed E-state index contributed by atoms with van der Waals surface area (Å²) in [6.07, 6.45) is 0.722. The van der Waals surface area contributed by atoms with Crippen LogP contribution in [0.1, 0.15) is 38.3 Å². The molecular weight excluding hydrogens is 472 g/mol. The fourth-order valence-corrected chi connectivity index (χ4v) is 3.44. The number of nitrogens with one attached hydrogen (secondary N) is 2. The van der Waals surface area contributed by atoms with Crippen LogP contribution >= 0.6 is 31.9 Å². The Bertz CT molecular complexity index is 801. The molecule has 2 N–H and O–H groups in total. The second-order valence-corrected chi connectivity index (χ2v) is 9.21. The number of urea groups is 1. The third-order valence-corrected chi connectivity index (χ3v) is 5.21. The molecule has 0 aliphatic rings. The quantitative estimate of drug-likeness (QED) is 0.453. The van der Waals surface area contributed by atoms with Gasteiger partial charge in [0, 0.05) is 16.7 Å². The predicted octanol–water partition coefficient (Wildman–Crippen LogP) is 6.41. The lowest BCUT2D eigenvalue weighted by Crippen LogP contribution is -2.30. The van der Waals surface area contributed by atoms with Crippen LogP contribution in [0.5, 0.6) is 5.75 Å². The highest BCUT2D eigenvalue weighted by molar-refractivity contribution is 9.10. The van der Waals surface area contributed by atoms with Crippen molar-refractivity contribution in [3.63, 3.8) is 0 Å². The zero-order valence-electron chi connectivity index (χ0n) is 16.2. The molecule has 0 radical (unpaired) electrons. The normalized spacial score (nSPS) is 11.2. The largest absolute Gasteiger partial charge is 0.492 e. The van der Waals surface area contributed by atoms with E-state index in [9.17, 15) is 4.79 Å². The monoisotopic (exact) mass is 496 g/mol. The third-order valence-electron chi connectivity index (χ3n) is 4.10. The molecular formula is C21H26Br2N2O2. The summed E-state index contributed by atoms with van der Waals surface area (Å²) in [6.45, 7) is 9.58. The Morgan fingerprint density at radius 1 is 1.11 bits per heavy atom. The second kappa shape index (κ2) is 9.60. The van der Waals surface area contributed by atoms with Crippen molar-refractivity contribution in [3.8, 4) is 5.75 Å². The summed E-state index contributed by atoms with van der Waals surface area (Å²) in [4.78, 5) is 12.0. The van der Waals surface area contributed by atoms with Gasteiger partial charge in [0.1, 0.15) is 5.75 Å². The summed E-state index contributed by atoms with van der Waals surface area (Å²) in [5.41, 5.74) is 3.16. The van der Waals surface area contributed by atoms with Crippen LogP contribution in [-0.4, -0.2) is 19.2 Å². The Balaban J connectivity index is 1.73. The molecule has 0 aliphatic carbocycles. The highest BCUT2D eigenvalue weighted by Crippen LogP contribution is 2.31. The standard InChI is InChI=1S/C21H26Br2N2O2/c1-14-12-16(22)7-8-18(14)25-20(26)24-10-5-11-27-19-9-6-15(13-17(19)23)21(2,3)4/h6-9,12-13H,5,10-11H2,1-4H3,(H2,24,25,26). The Kier molecular flexibility index (Phi) is 7.74. The van der Waals surface area contributed by atoms with Crippen molar-refractivity contribution < 1.29 is 9.53 Å². The van der Waals surface area contributed by atoms with E-state index in [4.69, 9.17) is 4.74 Å². The number of carbonyl (C=O) groups excluding carboxylic acids is 1. The maximum absolute atomic E-state index is 12.0. The van der Waals surface area contributed by atoms with Crippen molar-refractivity contribution in [3.05, 3.63) is 56.5 Å². The molecule has 0 aromatic heterocycles. The first-order chi connectivity index (χ1) is 12.7. The summed E-state index contributed by atoms with van der Waals surface area (Å²) in [7, 11) is 0. The maximum Gasteiger partial charge on any atom is 0.319 e. The molecule has 0 unspecified atom stereocenters. The van der Waals surface area contributed by atoms with Gasteiger partial charge in [-0.25, -0.2) is 4.79 Å². The van der Waals surface area contributed by atoms with E-state index in [1.807, 2.05) is 31.2 Å². The van der Waals surface area contributed by atoms with Gasteiger partial charge < -0.3 is 15.4 Å². The lowest BCUT2D eigenvalue weighted by atomic mass is 9.87. The first-order valence-corrected chi connectivity index (χ1v) is 10.5. The number of hydrogen-bond donors (Lipinski definition) is 2. The van der Waals surface area contributed by atoms with Crippen LogP contribution in [0.3, 0.4) is 0 Å². The van der Waals surface area contributed by atoms with E-state index in [-0.39, 0.29) is 11.4 Å². The molecule has 0 bridgehead atoms. The summed E-state index contributed by atoms with van der Waals surface area (Å²) >= 11 is 6.99. The van der Waals surface area contributed by atoms with Crippen LogP contribution in [0.4, 0.5) is 10.5 Å². The van der Waals surface area contributed by atoms with E-state index in [1.54, 1.807) is 0 Å². The molecule has 2 aromatic carbocycles. The molecule has 2 aromatic rings. The predicted molar refractivity (Wildman–Crippen MR) is 119 cm³/mol. The fraction of sp³-hybridized carbons (Fsp3) is 0.381. The smallest absolute Gasteiger partial charge is 0.319 e. The highest BCUT2D eigenvalue weighted by Gasteiger charge is 2.15. The van der Waals surface area contributed by atoms with E-state index in [0.717, 1.165) is 32.4 Å². The van der Waals surface area contributed by atoms with Gasteiger partial charge in [0.2, 0.25) is 0 Å². The molecule has 0 fully saturated rings. The first-order valence-electron chi connectivity index (χ1n) is 8.90. The fourth-order valence-electron chi connectivity index (χ4n) is 2.47. The zero-order valence-corrected chi connectivity index (χ0v) is 19.3. The number of carbonyl (C=O) groups is 1. The van der Waals surface area contributed by atoms with Crippen molar-refractivity contribution in [1.29, 1.82) is 0 Å². The minimum absolute atomic E-state index is 0.103. The van der Waals surface area contributed by atoms with Gasteiger partial charge in [-0.05, 0) is 76.1 Å². The van der Waals surface area contributed by atoms with E-state index in [0.29, 0.717) is 13.2 Å². The molecule has 146 valence electrons. The molecule has 27 heavy (non-hydrogen) atoms. The molecule has 0 atom stereocenters. The molecule has 2 rings (SSSR count). The van der Waals surface area contributed by atoms with Crippen molar-refractivity contribution in [2.45, 2.75) is 39.5 Å². The lowest BCUT2D eigenvalue weighted by molar-refractivity contribution is 0.250. The Hall–Kier alpha value is -1.53. The molecule has 0 heterocycles. The van der Waals surface area contributed by atoms with Gasteiger partial charge in [0.05, 0.1) is 11.1 Å². The van der Waals surface area contributed by atoms with E-state index < -0.39 is 0 Å². The van der Waals surface area contributed by atoms with Gasteiger partial charge in [-0.1, -0.05) is 42.8 Å². The third kappa shape index (κ3) is 6.85. The second-order valence-electron chi connectivity index (χ2n) is 7.44. The van der Waals surface area contributed by atoms with Gasteiger partial charge >= 0.3 is 6.03 Å². The van der Waals surface area contributed by atoms with Crippen LogP contribution in [0.25, 0.3) is 0 Å². The van der Waals surface area contributed by atoms with Gasteiger partial charge in [0.25, 0.3) is 0 Å². The average molecular weight is 498 g/mol. The molecule has 0 saturated carbocycles. The highest BCUT2D eigenvalue weighted by atomic mass is 79.9. The molecule has 0 aliphatic heterocycles. The molecule has 6 heteroatoms. The number of ether oxygens (including phenoxy) is 1. The van der Waals surface area contributed by atoms with Crippen LogP contribution < -0.4 is 15.4 Å². The molecule has 2 amide bonds. The molecule has 0 spiro atoms. The van der Waals surface area contributed by atoms with Crippen LogP contribution in [0, 0.1) is 6.92 Å². The minimum Gasteiger partial charge on any atom is -0.492 e. The molecule has 4 nitrogen and oxygen atoms in total. The topological polar surface area (TPSA) is 50.4 Å². The minimum atomic E-state index is -0.212. The summed E-state index contributed by atoms with van der Waals surface area (Å²) in [5, 5.41) is 5.71. The van der Waals surface area contributed by atoms with Crippen LogP contribution in [-0.2, 0) is 5.41 Å². The van der Waals surface area contributed by atoms with Gasteiger partial charge in [-0.2, -0.15) is 0 Å². The summed E-state index contributed by atoms with van der Waals surface area (Å²) in [6, 6.07) is 11.7. The average Bonchev–Trinajstić information content (AvgIpc) is 2.57. The van der Waals surface area contributed by atoms with Crippen LogP contribution in [0.15, 0.2) is 45.3 Å². The van der Waals surface area contributed by atoms with Crippen LogP contribution in [0.2, 0.25) is 0 Å². The number of aryl methyl sites for hydroxylation is 1. The van der Waals surface area contributed by atoms with E-state index >= 15 is 0 Å². The van der Waals surface area contributed by atoms with Crippen molar-refractivity contribution in [1.82, 2.24) is 5.32 Å². The number of rotatable bonds is 6. The van der Waals surface area contributed by atoms with Crippen molar-refractivity contribution >= 4 is 43.6 Å². The van der Waals surface area contributed by atoms with Gasteiger partial charge in [0.15, 0.2) is 0 Å². The number of hydrogen-bond acceptors (Lipinski definition) is 2.